The molecule has 36 heavy (non-hydrogen) atoms. The Bertz CT molecular complexity index is 1400. The molecule has 1 aliphatic carbocycles. The van der Waals surface area contributed by atoms with Crippen molar-refractivity contribution < 1.29 is 9.90 Å². The lowest BCUT2D eigenvalue weighted by Gasteiger charge is -2.27. The summed E-state index contributed by atoms with van der Waals surface area (Å²) in [5.74, 6) is 0.602. The number of carbonyl (C=O) groups is 1. The molecule has 1 N–H and O–H groups in total. The number of pyridine rings is 1. The van der Waals surface area contributed by atoms with Gasteiger partial charge in [0.1, 0.15) is 16.9 Å². The van der Waals surface area contributed by atoms with Crippen molar-refractivity contribution in [3.8, 4) is 22.8 Å². The number of rotatable bonds is 7. The van der Waals surface area contributed by atoms with Crippen LogP contribution in [-0.4, -0.2) is 35.6 Å². The Hall–Kier alpha value is -3.61. The third-order valence-corrected chi connectivity index (χ3v) is 7.25. The lowest BCUT2D eigenvalue weighted by molar-refractivity contribution is 0.0684. The molecule has 1 aliphatic rings. The Morgan fingerprint density at radius 1 is 1.08 bits per heavy atom. The zero-order valence-electron chi connectivity index (χ0n) is 21.2. The second-order valence-electron chi connectivity index (χ2n) is 10.2. The van der Waals surface area contributed by atoms with Crippen LogP contribution in [-0.2, 0) is 13.0 Å². The molecule has 5 rings (SSSR count). The first kappa shape index (κ1) is 24.1. The fraction of sp³-hybridized carbons (Fsp3) is 0.414. The van der Waals surface area contributed by atoms with Crippen LogP contribution >= 0.6 is 0 Å². The van der Waals surface area contributed by atoms with Crippen molar-refractivity contribution in [2.45, 2.75) is 65.8 Å². The van der Waals surface area contributed by atoms with Gasteiger partial charge >= 0.3 is 5.97 Å². The van der Waals surface area contributed by atoms with Gasteiger partial charge in [-0.05, 0) is 61.8 Å². The Morgan fingerprint density at radius 3 is 2.61 bits per heavy atom. The van der Waals surface area contributed by atoms with Crippen molar-refractivity contribution >= 4 is 17.1 Å². The molecule has 0 aliphatic heterocycles. The number of hydrogen-bond acceptors (Lipinski definition) is 5. The molecule has 0 radical (unpaired) electrons. The summed E-state index contributed by atoms with van der Waals surface area (Å²) in [7, 11) is 0. The number of carboxylic acid groups (broad SMARTS) is 1. The van der Waals surface area contributed by atoms with Crippen molar-refractivity contribution in [1.82, 2.24) is 24.5 Å². The smallest absolute Gasteiger partial charge is 0.374 e. The van der Waals surface area contributed by atoms with Crippen molar-refractivity contribution in [2.75, 3.05) is 0 Å². The SMILES string of the molecule is CCCc1ccnc(-c2nc3nc(C(=O)O)nc(-c4cccc(C)c4)c3n2CC2CCC(C)CC2)c1. The summed E-state index contributed by atoms with van der Waals surface area (Å²) in [6.07, 6.45) is 8.62. The number of nitrogens with zero attached hydrogens (tertiary/aromatic N) is 5. The van der Waals surface area contributed by atoms with Crippen molar-refractivity contribution in [3.05, 3.63) is 59.5 Å². The second-order valence-corrected chi connectivity index (χ2v) is 10.2. The van der Waals surface area contributed by atoms with E-state index in [9.17, 15) is 9.90 Å². The highest BCUT2D eigenvalue weighted by Crippen LogP contribution is 2.35. The van der Waals surface area contributed by atoms with E-state index in [0.29, 0.717) is 17.3 Å². The van der Waals surface area contributed by atoms with Gasteiger partial charge in [-0.15, -0.1) is 0 Å². The molecule has 0 saturated heterocycles. The Balaban J connectivity index is 1.75. The highest BCUT2D eigenvalue weighted by atomic mass is 16.4. The monoisotopic (exact) mass is 483 g/mol. The van der Waals surface area contributed by atoms with Crippen molar-refractivity contribution in [2.24, 2.45) is 11.8 Å². The first-order valence-electron chi connectivity index (χ1n) is 13.0. The normalized spacial score (nSPS) is 18.0. The highest BCUT2D eigenvalue weighted by molar-refractivity contribution is 5.94. The lowest BCUT2D eigenvalue weighted by atomic mass is 9.83. The Labute approximate surface area is 211 Å². The van der Waals surface area contributed by atoms with Crippen LogP contribution < -0.4 is 0 Å². The minimum Gasteiger partial charge on any atom is -0.475 e. The van der Waals surface area contributed by atoms with Crippen LogP contribution in [0.5, 0.6) is 0 Å². The summed E-state index contributed by atoms with van der Waals surface area (Å²) in [5, 5.41) is 9.77. The Morgan fingerprint density at radius 2 is 1.89 bits per heavy atom. The molecule has 0 atom stereocenters. The van der Waals surface area contributed by atoms with Crippen LogP contribution in [0.1, 0.15) is 67.7 Å². The van der Waals surface area contributed by atoms with Crippen LogP contribution in [0.25, 0.3) is 33.9 Å². The van der Waals surface area contributed by atoms with Crippen molar-refractivity contribution in [3.63, 3.8) is 0 Å². The topological polar surface area (TPSA) is 93.8 Å². The van der Waals surface area contributed by atoms with E-state index in [0.717, 1.165) is 66.3 Å². The summed E-state index contributed by atoms with van der Waals surface area (Å²) in [6, 6.07) is 12.1. The minimum absolute atomic E-state index is 0.241. The number of imidazole rings is 1. The summed E-state index contributed by atoms with van der Waals surface area (Å²) in [4.78, 5) is 30.5. The zero-order chi connectivity index (χ0) is 25.2. The largest absolute Gasteiger partial charge is 0.475 e. The summed E-state index contributed by atoms with van der Waals surface area (Å²) in [5.41, 5.74) is 5.73. The quantitative estimate of drug-likeness (QED) is 0.330. The fourth-order valence-electron chi connectivity index (χ4n) is 5.31. The number of aromatic nitrogens is 5. The zero-order valence-corrected chi connectivity index (χ0v) is 21.2. The average Bonchev–Trinajstić information content (AvgIpc) is 3.23. The first-order chi connectivity index (χ1) is 17.4. The maximum absolute atomic E-state index is 11.9. The van der Waals surface area contributed by atoms with Gasteiger partial charge in [0.25, 0.3) is 0 Å². The van der Waals surface area contributed by atoms with E-state index in [1.165, 1.54) is 18.4 Å². The molecule has 1 fully saturated rings. The van der Waals surface area contributed by atoms with Crippen LogP contribution in [0.4, 0.5) is 0 Å². The van der Waals surface area contributed by atoms with E-state index < -0.39 is 5.97 Å². The van der Waals surface area contributed by atoms with Crippen LogP contribution in [0.2, 0.25) is 0 Å². The molecule has 0 unspecified atom stereocenters. The first-order valence-corrected chi connectivity index (χ1v) is 13.0. The number of carboxylic acids is 1. The molecule has 0 amide bonds. The van der Waals surface area contributed by atoms with Crippen LogP contribution in [0.15, 0.2) is 42.6 Å². The standard InChI is InChI=1S/C29H33N5O2/c1-4-6-20-13-14-30-23(16-20)28-33-26-25(34(28)17-21-11-9-18(2)10-12-21)24(31-27(32-26)29(35)36)22-8-5-7-19(3)15-22/h5,7-8,13-16,18,21H,4,6,9-12,17H2,1-3H3,(H,35,36). The molecule has 0 bridgehead atoms. The van der Waals surface area contributed by atoms with E-state index in [4.69, 9.17) is 4.98 Å². The predicted molar refractivity (Wildman–Crippen MR) is 141 cm³/mol. The Kier molecular flexibility index (Phi) is 6.81. The minimum atomic E-state index is -1.16. The number of fused-ring (bicyclic) bond motifs is 1. The van der Waals surface area contributed by atoms with Crippen molar-refractivity contribution in [1.29, 1.82) is 0 Å². The molecular formula is C29H33N5O2. The van der Waals surface area contributed by atoms with Gasteiger partial charge in [-0.25, -0.2) is 19.7 Å². The molecule has 0 spiro atoms. The molecule has 186 valence electrons. The predicted octanol–water partition coefficient (Wildman–Crippen LogP) is 6.34. The molecule has 3 aromatic heterocycles. The van der Waals surface area contributed by atoms with Gasteiger partial charge in [0, 0.05) is 18.3 Å². The second kappa shape index (κ2) is 10.2. The average molecular weight is 484 g/mol. The lowest BCUT2D eigenvalue weighted by Crippen LogP contribution is -2.19. The molecule has 7 heteroatoms. The molecule has 7 nitrogen and oxygen atoms in total. The summed E-state index contributed by atoms with van der Waals surface area (Å²) < 4.78 is 2.21. The van der Waals surface area contributed by atoms with Gasteiger partial charge in [0.2, 0.25) is 5.82 Å². The van der Waals surface area contributed by atoms with Gasteiger partial charge < -0.3 is 9.67 Å². The molecule has 4 aromatic rings. The van der Waals surface area contributed by atoms with Gasteiger partial charge in [0.05, 0.1) is 0 Å². The summed E-state index contributed by atoms with van der Waals surface area (Å²) in [6.45, 7) is 7.30. The van der Waals surface area contributed by atoms with Crippen LogP contribution in [0.3, 0.4) is 0 Å². The highest BCUT2D eigenvalue weighted by Gasteiger charge is 2.26. The van der Waals surface area contributed by atoms with Crippen LogP contribution in [0, 0.1) is 18.8 Å². The summed E-state index contributed by atoms with van der Waals surface area (Å²) >= 11 is 0. The van der Waals surface area contributed by atoms with E-state index in [1.54, 1.807) is 0 Å². The number of aromatic carboxylic acids is 1. The maximum atomic E-state index is 11.9. The van der Waals surface area contributed by atoms with Gasteiger partial charge in [-0.3, -0.25) is 4.98 Å². The third-order valence-electron chi connectivity index (χ3n) is 7.25. The maximum Gasteiger partial charge on any atom is 0.374 e. The molecule has 1 aromatic carbocycles. The van der Waals surface area contributed by atoms with Gasteiger partial charge in [0.15, 0.2) is 11.5 Å². The van der Waals surface area contributed by atoms with E-state index in [2.05, 4.69) is 39.4 Å². The fourth-order valence-corrected chi connectivity index (χ4v) is 5.31. The van der Waals surface area contributed by atoms with Gasteiger partial charge in [-0.2, -0.15) is 0 Å². The molecule has 1 saturated carbocycles. The molecule has 3 heterocycles. The van der Waals surface area contributed by atoms with E-state index in [1.807, 2.05) is 43.5 Å². The number of aryl methyl sites for hydroxylation is 2. The number of benzene rings is 1. The molecular weight excluding hydrogens is 450 g/mol. The van der Waals surface area contributed by atoms with E-state index >= 15 is 0 Å². The van der Waals surface area contributed by atoms with Gasteiger partial charge in [-0.1, -0.05) is 56.9 Å². The van der Waals surface area contributed by atoms with E-state index in [-0.39, 0.29) is 5.82 Å². The number of hydrogen-bond donors (Lipinski definition) is 1. The third kappa shape index (κ3) is 4.87.